The summed E-state index contributed by atoms with van der Waals surface area (Å²) in [6, 6.07) is 12.9. The molecule has 154 valence electrons. The molecule has 1 saturated heterocycles. The van der Waals surface area contributed by atoms with Crippen molar-refractivity contribution in [2.24, 2.45) is 10.7 Å². The number of halogens is 3. The highest BCUT2D eigenvalue weighted by Gasteiger charge is 2.30. The number of carbonyl (C=O) groups is 1. The summed E-state index contributed by atoms with van der Waals surface area (Å²) >= 11 is 0. The molecular weight excluding hydrogens is 385 g/mol. The van der Waals surface area contributed by atoms with E-state index in [-0.39, 0.29) is 17.6 Å². The van der Waals surface area contributed by atoms with Crippen LogP contribution in [0, 0.1) is 0 Å². The molecule has 2 aromatic rings. The average Bonchev–Trinajstić information content (AvgIpc) is 3.06. The van der Waals surface area contributed by atoms with Crippen LogP contribution in [-0.2, 0) is 17.9 Å². The number of nitrogens with one attached hydrogen (secondary N) is 1. The zero-order valence-corrected chi connectivity index (χ0v) is 15.6. The molecule has 0 spiro atoms. The monoisotopic (exact) mass is 406 g/mol. The van der Waals surface area contributed by atoms with Crippen LogP contribution in [0.1, 0.15) is 24.0 Å². The van der Waals surface area contributed by atoms with Crippen molar-refractivity contribution in [1.29, 1.82) is 0 Å². The molecule has 1 fully saturated rings. The van der Waals surface area contributed by atoms with Crippen LogP contribution in [0.15, 0.2) is 53.5 Å². The molecule has 3 rings (SSSR count). The third kappa shape index (κ3) is 6.13. The smallest absolute Gasteiger partial charge is 0.406 e. The van der Waals surface area contributed by atoms with Gasteiger partial charge in [0.2, 0.25) is 5.91 Å². The van der Waals surface area contributed by atoms with E-state index in [1.807, 2.05) is 29.2 Å². The second-order valence-corrected chi connectivity index (χ2v) is 6.59. The van der Waals surface area contributed by atoms with E-state index < -0.39 is 6.36 Å². The number of hydrogen-bond donors (Lipinski definition) is 2. The minimum absolute atomic E-state index is 0.126. The predicted octanol–water partition coefficient (Wildman–Crippen LogP) is 3.63. The first-order valence-electron chi connectivity index (χ1n) is 9.07. The summed E-state index contributed by atoms with van der Waals surface area (Å²) < 4.78 is 40.4. The Morgan fingerprint density at radius 3 is 2.45 bits per heavy atom. The second kappa shape index (κ2) is 8.85. The Kier molecular flexibility index (Phi) is 6.26. The summed E-state index contributed by atoms with van der Waals surface area (Å²) in [6.07, 6.45) is -3.27. The quantitative estimate of drug-likeness (QED) is 0.567. The predicted molar refractivity (Wildman–Crippen MR) is 103 cm³/mol. The van der Waals surface area contributed by atoms with Gasteiger partial charge in [0, 0.05) is 25.2 Å². The summed E-state index contributed by atoms with van der Waals surface area (Å²) in [5.41, 5.74) is 8.33. The highest BCUT2D eigenvalue weighted by molar-refractivity contribution is 5.92. The fourth-order valence-corrected chi connectivity index (χ4v) is 3.04. The Morgan fingerprint density at radius 2 is 1.83 bits per heavy atom. The van der Waals surface area contributed by atoms with Gasteiger partial charge < -0.3 is 20.7 Å². The van der Waals surface area contributed by atoms with Gasteiger partial charge in [-0.15, -0.1) is 13.2 Å². The number of nitrogens with two attached hydrogens (primary N) is 1. The largest absolute Gasteiger partial charge is 0.573 e. The molecule has 0 bridgehead atoms. The Labute approximate surface area is 166 Å². The average molecular weight is 406 g/mol. The second-order valence-electron chi connectivity index (χ2n) is 6.59. The Morgan fingerprint density at radius 1 is 1.14 bits per heavy atom. The van der Waals surface area contributed by atoms with Crippen LogP contribution >= 0.6 is 0 Å². The molecule has 0 atom stereocenters. The van der Waals surface area contributed by atoms with E-state index in [2.05, 4.69) is 15.0 Å². The SMILES string of the molecule is NC(=NCc1ccccc1CN1CCCC1=O)Nc1ccc(OC(F)(F)F)cc1. The first-order chi connectivity index (χ1) is 13.8. The number of anilines is 1. The van der Waals surface area contributed by atoms with Gasteiger partial charge in [0.05, 0.1) is 6.54 Å². The summed E-state index contributed by atoms with van der Waals surface area (Å²) in [5, 5.41) is 2.83. The van der Waals surface area contributed by atoms with Crippen molar-refractivity contribution >= 4 is 17.6 Å². The molecule has 1 aliphatic rings. The van der Waals surface area contributed by atoms with Crippen molar-refractivity contribution in [1.82, 2.24) is 4.90 Å². The molecule has 6 nitrogen and oxygen atoms in total. The minimum Gasteiger partial charge on any atom is -0.406 e. The van der Waals surface area contributed by atoms with E-state index in [1.165, 1.54) is 24.3 Å². The molecule has 0 aliphatic carbocycles. The Hall–Kier alpha value is -3.23. The molecule has 9 heteroatoms. The number of guanidine groups is 1. The molecular formula is C20H21F3N4O2. The van der Waals surface area contributed by atoms with Crippen molar-refractivity contribution in [3.8, 4) is 5.75 Å². The Balaban J connectivity index is 1.60. The number of ether oxygens (including phenoxy) is 1. The molecule has 1 heterocycles. The van der Waals surface area contributed by atoms with Gasteiger partial charge in [-0.05, 0) is 41.8 Å². The number of benzene rings is 2. The van der Waals surface area contributed by atoms with Crippen LogP contribution in [0.25, 0.3) is 0 Å². The van der Waals surface area contributed by atoms with Gasteiger partial charge in [0.15, 0.2) is 5.96 Å². The standard InChI is InChI=1S/C20H21F3N4O2/c21-20(22,23)29-17-9-7-16(8-10-17)26-19(24)25-12-14-4-1-2-5-15(14)13-27-11-3-6-18(27)28/h1-2,4-5,7-10H,3,6,11-13H2,(H3,24,25,26). The number of carbonyl (C=O) groups excluding carboxylic acids is 1. The maximum absolute atomic E-state index is 12.2. The molecule has 0 aromatic heterocycles. The zero-order valence-electron chi connectivity index (χ0n) is 15.6. The van der Waals surface area contributed by atoms with Gasteiger partial charge in [0.1, 0.15) is 5.75 Å². The summed E-state index contributed by atoms with van der Waals surface area (Å²) in [6.45, 7) is 1.61. The minimum atomic E-state index is -4.73. The molecule has 0 radical (unpaired) electrons. The lowest BCUT2D eigenvalue weighted by molar-refractivity contribution is -0.274. The lowest BCUT2D eigenvalue weighted by Crippen LogP contribution is -2.25. The number of rotatable bonds is 6. The Bertz CT molecular complexity index is 882. The lowest BCUT2D eigenvalue weighted by atomic mass is 10.1. The molecule has 0 unspecified atom stereocenters. The number of hydrogen-bond acceptors (Lipinski definition) is 3. The van der Waals surface area contributed by atoms with Crippen molar-refractivity contribution in [3.63, 3.8) is 0 Å². The van der Waals surface area contributed by atoms with Crippen molar-refractivity contribution in [3.05, 3.63) is 59.7 Å². The van der Waals surface area contributed by atoms with Gasteiger partial charge in [-0.2, -0.15) is 0 Å². The van der Waals surface area contributed by atoms with Crippen molar-refractivity contribution in [2.45, 2.75) is 32.3 Å². The number of likely N-dealkylation sites (tertiary alicyclic amines) is 1. The van der Waals surface area contributed by atoms with E-state index in [1.54, 1.807) is 0 Å². The normalized spacial score (nSPS) is 14.9. The van der Waals surface area contributed by atoms with E-state index in [0.29, 0.717) is 25.2 Å². The maximum atomic E-state index is 12.2. The van der Waals surface area contributed by atoms with E-state index in [4.69, 9.17) is 5.73 Å². The van der Waals surface area contributed by atoms with Gasteiger partial charge in [-0.25, -0.2) is 4.99 Å². The third-order valence-electron chi connectivity index (χ3n) is 4.43. The summed E-state index contributed by atoms with van der Waals surface area (Å²) in [4.78, 5) is 18.0. The van der Waals surface area contributed by atoms with Gasteiger partial charge in [-0.3, -0.25) is 4.79 Å². The molecule has 1 amide bonds. The van der Waals surface area contributed by atoms with Crippen LogP contribution in [0.4, 0.5) is 18.9 Å². The van der Waals surface area contributed by atoms with Crippen LogP contribution in [0.3, 0.4) is 0 Å². The third-order valence-corrected chi connectivity index (χ3v) is 4.43. The van der Waals surface area contributed by atoms with Crippen molar-refractivity contribution < 1.29 is 22.7 Å². The molecule has 2 aromatic carbocycles. The van der Waals surface area contributed by atoms with E-state index in [9.17, 15) is 18.0 Å². The van der Waals surface area contributed by atoms with Crippen LogP contribution in [0.2, 0.25) is 0 Å². The highest BCUT2D eigenvalue weighted by atomic mass is 19.4. The van der Waals surface area contributed by atoms with Crippen LogP contribution in [-0.4, -0.2) is 29.7 Å². The fraction of sp³-hybridized carbons (Fsp3) is 0.300. The van der Waals surface area contributed by atoms with E-state index in [0.717, 1.165) is 24.1 Å². The number of alkyl halides is 3. The fourth-order valence-electron chi connectivity index (χ4n) is 3.04. The van der Waals surface area contributed by atoms with E-state index >= 15 is 0 Å². The highest BCUT2D eigenvalue weighted by Crippen LogP contribution is 2.24. The summed E-state index contributed by atoms with van der Waals surface area (Å²) in [7, 11) is 0. The molecule has 1 aliphatic heterocycles. The van der Waals surface area contributed by atoms with Gasteiger partial charge >= 0.3 is 6.36 Å². The topological polar surface area (TPSA) is 80.0 Å². The van der Waals surface area contributed by atoms with Crippen molar-refractivity contribution in [2.75, 3.05) is 11.9 Å². The lowest BCUT2D eigenvalue weighted by Gasteiger charge is -2.17. The van der Waals surface area contributed by atoms with Gasteiger partial charge in [0.25, 0.3) is 0 Å². The molecule has 0 saturated carbocycles. The van der Waals surface area contributed by atoms with Crippen LogP contribution < -0.4 is 15.8 Å². The first kappa shape index (κ1) is 20.5. The van der Waals surface area contributed by atoms with Gasteiger partial charge in [-0.1, -0.05) is 24.3 Å². The van der Waals surface area contributed by atoms with Crippen LogP contribution in [0.5, 0.6) is 5.75 Å². The number of aliphatic imine (C=N–C) groups is 1. The zero-order chi connectivity index (χ0) is 20.9. The summed E-state index contributed by atoms with van der Waals surface area (Å²) in [5.74, 6) is -0.0343. The molecule has 3 N–H and O–H groups in total. The maximum Gasteiger partial charge on any atom is 0.573 e. The number of amides is 1. The number of nitrogens with zero attached hydrogens (tertiary/aromatic N) is 2. The first-order valence-corrected chi connectivity index (χ1v) is 9.07. The molecule has 29 heavy (non-hydrogen) atoms.